The van der Waals surface area contributed by atoms with E-state index >= 15 is 0 Å². The molecule has 2 unspecified atom stereocenters. The minimum atomic E-state index is -0.949. The van der Waals surface area contributed by atoms with E-state index in [1.807, 2.05) is 13.0 Å². The highest BCUT2D eigenvalue weighted by Crippen LogP contribution is 2.19. The number of rotatable bonds is 5. The maximum absolute atomic E-state index is 11.7. The molecule has 2 atom stereocenters. The second-order valence-corrected chi connectivity index (χ2v) is 5.03. The lowest BCUT2D eigenvalue weighted by atomic mass is 10.1. The minimum absolute atomic E-state index is 0.237. The van der Waals surface area contributed by atoms with Gasteiger partial charge >= 0.3 is 12.0 Å². The van der Waals surface area contributed by atoms with Gasteiger partial charge in [-0.15, -0.1) is 0 Å². The summed E-state index contributed by atoms with van der Waals surface area (Å²) in [4.78, 5) is 26.4. The van der Waals surface area contributed by atoms with Gasteiger partial charge in [0.2, 0.25) is 0 Å². The van der Waals surface area contributed by atoms with Crippen LogP contribution in [0, 0.1) is 6.92 Å². The summed E-state index contributed by atoms with van der Waals surface area (Å²) in [6.07, 6.45) is 3.56. The van der Waals surface area contributed by atoms with Crippen LogP contribution in [0.2, 0.25) is 0 Å². The predicted octanol–water partition coefficient (Wildman–Crippen LogP) is 0.821. The van der Waals surface area contributed by atoms with Crippen molar-refractivity contribution >= 4 is 12.0 Å². The summed E-state index contributed by atoms with van der Waals surface area (Å²) in [5.41, 5.74) is 2.02. The van der Waals surface area contributed by atoms with Crippen LogP contribution < -0.4 is 10.6 Å². The van der Waals surface area contributed by atoms with Crippen LogP contribution in [0.25, 0.3) is 0 Å². The van der Waals surface area contributed by atoms with Gasteiger partial charge in [-0.1, -0.05) is 0 Å². The van der Waals surface area contributed by atoms with Crippen molar-refractivity contribution in [1.82, 2.24) is 15.6 Å². The molecule has 2 heterocycles. The number of hydrogen-bond donors (Lipinski definition) is 3. The first-order chi connectivity index (χ1) is 10.1. The lowest BCUT2D eigenvalue weighted by molar-refractivity contribution is -0.149. The van der Waals surface area contributed by atoms with Crippen molar-refractivity contribution in [3.05, 3.63) is 29.6 Å². The van der Waals surface area contributed by atoms with Crippen LogP contribution in [0.5, 0.6) is 0 Å². The number of carbonyl (C=O) groups excluding carboxylic acids is 1. The summed E-state index contributed by atoms with van der Waals surface area (Å²) in [5.74, 6) is -0.949. The molecule has 1 fully saturated rings. The first-order valence-electron chi connectivity index (χ1n) is 6.85. The van der Waals surface area contributed by atoms with Crippen molar-refractivity contribution in [2.75, 3.05) is 6.54 Å². The van der Waals surface area contributed by atoms with E-state index < -0.39 is 12.1 Å². The van der Waals surface area contributed by atoms with Crippen LogP contribution in [0.1, 0.15) is 24.0 Å². The fraction of sp³-hybridized carbons (Fsp3) is 0.500. The van der Waals surface area contributed by atoms with E-state index in [0.29, 0.717) is 25.9 Å². The number of ether oxygens (including phenoxy) is 1. The number of urea groups is 1. The molecule has 7 nitrogen and oxygen atoms in total. The van der Waals surface area contributed by atoms with Crippen molar-refractivity contribution in [1.29, 1.82) is 0 Å². The van der Waals surface area contributed by atoms with E-state index in [9.17, 15) is 9.59 Å². The molecule has 7 heteroatoms. The average Bonchev–Trinajstić information content (AvgIpc) is 2.93. The number of aryl methyl sites for hydroxylation is 1. The van der Waals surface area contributed by atoms with Gasteiger partial charge in [0, 0.05) is 25.5 Å². The second kappa shape index (κ2) is 7.03. The molecule has 0 saturated carbocycles. The van der Waals surface area contributed by atoms with E-state index in [1.54, 1.807) is 12.4 Å². The summed E-state index contributed by atoms with van der Waals surface area (Å²) < 4.78 is 5.30. The van der Waals surface area contributed by atoms with Gasteiger partial charge in [-0.25, -0.2) is 9.59 Å². The van der Waals surface area contributed by atoms with Crippen LogP contribution >= 0.6 is 0 Å². The Kier molecular flexibility index (Phi) is 5.10. The van der Waals surface area contributed by atoms with E-state index in [0.717, 1.165) is 11.1 Å². The molecule has 0 spiro atoms. The van der Waals surface area contributed by atoms with E-state index in [2.05, 4.69) is 15.6 Å². The highest BCUT2D eigenvalue weighted by atomic mass is 16.5. The van der Waals surface area contributed by atoms with Gasteiger partial charge in [-0.2, -0.15) is 0 Å². The SMILES string of the molecule is Cc1cnccc1CNC(=O)NCC1CCC(C(=O)O)O1. The molecule has 21 heavy (non-hydrogen) atoms. The molecule has 0 aliphatic carbocycles. The lowest BCUT2D eigenvalue weighted by Gasteiger charge is -2.13. The number of nitrogens with one attached hydrogen (secondary N) is 2. The fourth-order valence-electron chi connectivity index (χ4n) is 2.18. The molecule has 0 radical (unpaired) electrons. The monoisotopic (exact) mass is 293 g/mol. The Morgan fingerprint density at radius 3 is 2.90 bits per heavy atom. The Morgan fingerprint density at radius 1 is 1.43 bits per heavy atom. The van der Waals surface area contributed by atoms with Gasteiger partial charge in [0.05, 0.1) is 6.10 Å². The third-order valence-corrected chi connectivity index (χ3v) is 3.45. The molecule has 0 bridgehead atoms. The highest BCUT2D eigenvalue weighted by molar-refractivity contribution is 5.74. The number of hydrogen-bond acceptors (Lipinski definition) is 4. The molecule has 0 aromatic carbocycles. The number of carboxylic acid groups (broad SMARTS) is 1. The molecule has 2 amide bonds. The Morgan fingerprint density at radius 2 is 2.24 bits per heavy atom. The van der Waals surface area contributed by atoms with Crippen LogP contribution in [0.4, 0.5) is 4.79 Å². The smallest absolute Gasteiger partial charge is 0.332 e. The normalized spacial score (nSPS) is 21.0. The molecule has 1 aromatic heterocycles. The standard InChI is InChI=1S/C14H19N3O4/c1-9-6-15-5-4-10(9)7-16-14(20)17-8-11-2-3-12(21-11)13(18)19/h4-6,11-12H,2-3,7-8H2,1H3,(H,18,19)(H2,16,17,20). The van der Waals surface area contributed by atoms with Crippen LogP contribution in [-0.4, -0.2) is 40.8 Å². The van der Waals surface area contributed by atoms with Crippen molar-refractivity contribution in [2.24, 2.45) is 0 Å². The molecule has 2 rings (SSSR count). The Hall–Kier alpha value is -2.15. The first kappa shape index (κ1) is 15.2. The topological polar surface area (TPSA) is 101 Å². The summed E-state index contributed by atoms with van der Waals surface area (Å²) in [7, 11) is 0. The predicted molar refractivity (Wildman–Crippen MR) is 74.7 cm³/mol. The quantitative estimate of drug-likeness (QED) is 0.746. The van der Waals surface area contributed by atoms with Gasteiger partial charge in [0.25, 0.3) is 0 Å². The van der Waals surface area contributed by atoms with E-state index in [-0.39, 0.29) is 12.1 Å². The summed E-state index contributed by atoms with van der Waals surface area (Å²) in [6, 6.07) is 1.56. The molecular weight excluding hydrogens is 274 g/mol. The molecule has 1 saturated heterocycles. The largest absolute Gasteiger partial charge is 0.479 e. The van der Waals surface area contributed by atoms with Gasteiger partial charge in [-0.3, -0.25) is 4.98 Å². The maximum atomic E-state index is 11.7. The van der Waals surface area contributed by atoms with Gasteiger partial charge in [0.1, 0.15) is 0 Å². The number of carbonyl (C=O) groups is 2. The minimum Gasteiger partial charge on any atom is -0.479 e. The van der Waals surface area contributed by atoms with Gasteiger partial charge in [0.15, 0.2) is 6.10 Å². The van der Waals surface area contributed by atoms with Gasteiger partial charge in [-0.05, 0) is 37.0 Å². The number of aliphatic carboxylic acids is 1. The fourth-order valence-corrected chi connectivity index (χ4v) is 2.18. The lowest BCUT2D eigenvalue weighted by Crippen LogP contribution is -2.39. The Bertz CT molecular complexity index is 521. The maximum Gasteiger partial charge on any atom is 0.332 e. The van der Waals surface area contributed by atoms with Crippen molar-refractivity contribution in [3.63, 3.8) is 0 Å². The van der Waals surface area contributed by atoms with Crippen molar-refractivity contribution < 1.29 is 19.4 Å². The second-order valence-electron chi connectivity index (χ2n) is 5.03. The van der Waals surface area contributed by atoms with Crippen molar-refractivity contribution in [2.45, 2.75) is 38.5 Å². The number of amides is 2. The number of pyridine rings is 1. The molecular formula is C14H19N3O4. The number of aromatic nitrogens is 1. The van der Waals surface area contributed by atoms with Crippen LogP contribution in [0.15, 0.2) is 18.5 Å². The van der Waals surface area contributed by atoms with Gasteiger partial charge < -0.3 is 20.5 Å². The third kappa shape index (κ3) is 4.42. The van der Waals surface area contributed by atoms with Crippen LogP contribution in [-0.2, 0) is 16.1 Å². The van der Waals surface area contributed by atoms with E-state index in [1.165, 1.54) is 0 Å². The Labute approximate surface area is 122 Å². The third-order valence-electron chi connectivity index (χ3n) is 3.45. The number of carboxylic acids is 1. The Balaban J connectivity index is 1.69. The molecule has 1 aliphatic rings. The zero-order valence-electron chi connectivity index (χ0n) is 11.8. The zero-order valence-corrected chi connectivity index (χ0v) is 11.8. The van der Waals surface area contributed by atoms with Crippen LogP contribution in [0.3, 0.4) is 0 Å². The van der Waals surface area contributed by atoms with Crippen molar-refractivity contribution in [3.8, 4) is 0 Å². The zero-order chi connectivity index (χ0) is 15.2. The average molecular weight is 293 g/mol. The van der Waals surface area contributed by atoms with E-state index in [4.69, 9.17) is 9.84 Å². The highest BCUT2D eigenvalue weighted by Gasteiger charge is 2.30. The summed E-state index contributed by atoms with van der Waals surface area (Å²) >= 11 is 0. The molecule has 114 valence electrons. The molecule has 1 aliphatic heterocycles. The molecule has 1 aromatic rings. The number of nitrogens with zero attached hydrogens (tertiary/aromatic N) is 1. The molecule has 3 N–H and O–H groups in total. The first-order valence-corrected chi connectivity index (χ1v) is 6.85. The summed E-state index contributed by atoms with van der Waals surface area (Å²) in [5, 5.41) is 14.3. The summed E-state index contributed by atoms with van der Waals surface area (Å²) in [6.45, 7) is 2.66.